The van der Waals surface area contributed by atoms with Crippen LogP contribution >= 0.6 is 0 Å². The summed E-state index contributed by atoms with van der Waals surface area (Å²) in [5.74, 6) is 0.106. The fourth-order valence-corrected chi connectivity index (χ4v) is 4.06. The normalized spacial score (nSPS) is 24.0. The van der Waals surface area contributed by atoms with E-state index in [2.05, 4.69) is 10.2 Å². The number of carbonyl (C=O) groups is 1. The van der Waals surface area contributed by atoms with Crippen LogP contribution in [0.3, 0.4) is 0 Å². The largest absolute Gasteiger partial charge is 0.368 e. The van der Waals surface area contributed by atoms with E-state index in [0.717, 1.165) is 19.5 Å². The molecule has 0 aromatic rings. The van der Waals surface area contributed by atoms with Gasteiger partial charge in [-0.2, -0.15) is 0 Å². The third kappa shape index (κ3) is 5.56. The molecule has 0 aromatic heterocycles. The van der Waals surface area contributed by atoms with Gasteiger partial charge in [-0.25, -0.2) is 8.42 Å². The Labute approximate surface area is 128 Å². The van der Waals surface area contributed by atoms with Crippen LogP contribution in [0.4, 0.5) is 0 Å². The average molecular weight is 319 g/mol. The van der Waals surface area contributed by atoms with E-state index in [1.807, 2.05) is 20.8 Å². The number of nitrogens with zero attached hydrogens (tertiary/aromatic N) is 1. The van der Waals surface area contributed by atoms with Crippen molar-refractivity contribution < 1.29 is 13.2 Å². The number of hydrogen-bond acceptors (Lipinski definition) is 5. The van der Waals surface area contributed by atoms with Crippen molar-refractivity contribution in [2.45, 2.75) is 51.6 Å². The second kappa shape index (κ2) is 7.56. The summed E-state index contributed by atoms with van der Waals surface area (Å²) < 4.78 is 23.3. The first-order chi connectivity index (χ1) is 9.70. The highest BCUT2D eigenvalue weighted by molar-refractivity contribution is 7.91. The molecule has 124 valence electrons. The van der Waals surface area contributed by atoms with Crippen molar-refractivity contribution in [2.75, 3.05) is 31.1 Å². The van der Waals surface area contributed by atoms with Gasteiger partial charge in [0.1, 0.15) is 0 Å². The topological polar surface area (TPSA) is 92.5 Å². The van der Waals surface area contributed by atoms with Gasteiger partial charge in [0.25, 0.3) is 0 Å². The van der Waals surface area contributed by atoms with Crippen LogP contribution in [-0.2, 0) is 14.6 Å². The number of hydrogen-bond donors (Lipinski definition) is 2. The monoisotopic (exact) mass is 319 g/mol. The first kappa shape index (κ1) is 18.4. The molecule has 1 aliphatic heterocycles. The smallest absolute Gasteiger partial charge is 0.237 e. The van der Waals surface area contributed by atoms with Crippen LogP contribution in [0.1, 0.15) is 40.0 Å². The number of amides is 1. The van der Waals surface area contributed by atoms with E-state index in [4.69, 9.17) is 5.73 Å². The van der Waals surface area contributed by atoms with Gasteiger partial charge in [-0.15, -0.1) is 0 Å². The van der Waals surface area contributed by atoms with Crippen LogP contribution in [0.2, 0.25) is 0 Å². The summed E-state index contributed by atoms with van der Waals surface area (Å²) in [6.45, 7) is 7.93. The molecule has 0 aromatic carbocycles. The molecule has 2 atom stereocenters. The molecule has 1 rings (SSSR count). The number of nitrogens with two attached hydrogens (primary N) is 1. The number of rotatable bonds is 7. The first-order valence-electron chi connectivity index (χ1n) is 7.69. The Bertz CT molecular complexity index is 452. The van der Waals surface area contributed by atoms with E-state index in [9.17, 15) is 13.2 Å². The number of sulfone groups is 1. The molecule has 2 unspecified atom stereocenters. The van der Waals surface area contributed by atoms with E-state index in [1.54, 1.807) is 0 Å². The zero-order chi connectivity index (χ0) is 16.1. The van der Waals surface area contributed by atoms with Crippen LogP contribution in [0.25, 0.3) is 0 Å². The molecule has 0 spiro atoms. The molecule has 3 N–H and O–H groups in total. The lowest BCUT2D eigenvalue weighted by Crippen LogP contribution is -2.56. The molecular formula is C14H29N3O3S. The lowest BCUT2D eigenvalue weighted by molar-refractivity contribution is -0.124. The molecule has 0 saturated carbocycles. The maximum atomic E-state index is 11.8. The summed E-state index contributed by atoms with van der Waals surface area (Å²) in [6, 6.07) is 0.111. The predicted molar refractivity (Wildman–Crippen MR) is 84.8 cm³/mol. The van der Waals surface area contributed by atoms with Gasteiger partial charge in [0.2, 0.25) is 5.91 Å². The summed E-state index contributed by atoms with van der Waals surface area (Å²) in [4.78, 5) is 13.9. The Hall–Kier alpha value is -0.660. The summed E-state index contributed by atoms with van der Waals surface area (Å²) >= 11 is 0. The Morgan fingerprint density at radius 2 is 2.05 bits per heavy atom. The molecule has 1 heterocycles. The molecule has 0 aliphatic carbocycles. The summed E-state index contributed by atoms with van der Waals surface area (Å²) in [5.41, 5.74) is 4.80. The van der Waals surface area contributed by atoms with Gasteiger partial charge < -0.3 is 11.1 Å². The number of nitrogens with one attached hydrogen (secondary N) is 1. The fourth-order valence-electron chi connectivity index (χ4n) is 2.78. The lowest BCUT2D eigenvalue weighted by Gasteiger charge is -2.35. The second-order valence-corrected chi connectivity index (χ2v) is 8.52. The van der Waals surface area contributed by atoms with Crippen LogP contribution < -0.4 is 11.1 Å². The lowest BCUT2D eigenvalue weighted by atomic mass is 9.91. The molecule has 6 nitrogen and oxygen atoms in total. The third-order valence-electron chi connectivity index (χ3n) is 4.23. The van der Waals surface area contributed by atoms with Gasteiger partial charge in [-0.05, 0) is 46.2 Å². The predicted octanol–water partition coefficient (Wildman–Crippen LogP) is 0.129. The van der Waals surface area contributed by atoms with Crippen LogP contribution in [0, 0.1) is 0 Å². The highest BCUT2D eigenvalue weighted by Gasteiger charge is 2.34. The molecule has 7 heteroatoms. The highest BCUT2D eigenvalue weighted by atomic mass is 32.2. The minimum Gasteiger partial charge on any atom is -0.368 e. The minimum atomic E-state index is -2.91. The maximum absolute atomic E-state index is 11.8. The van der Waals surface area contributed by atoms with Crippen molar-refractivity contribution in [3.63, 3.8) is 0 Å². The van der Waals surface area contributed by atoms with E-state index < -0.39 is 15.4 Å². The van der Waals surface area contributed by atoms with Crippen molar-refractivity contribution >= 4 is 15.7 Å². The zero-order valence-electron chi connectivity index (χ0n) is 13.4. The fraction of sp³-hybridized carbons (Fsp3) is 0.929. The minimum absolute atomic E-state index is 0.111. The molecule has 1 fully saturated rings. The number of carbonyl (C=O) groups excluding carboxylic acids is 1. The van der Waals surface area contributed by atoms with Crippen molar-refractivity contribution in [2.24, 2.45) is 5.73 Å². The standard InChI is InChI=1S/C14H29N3O3S/c1-4-6-16-14(3,13(15)18)11-12(2)17-7-5-9-21(19,20)10-8-17/h12,16H,4-11H2,1-3H3,(H2,15,18). The van der Waals surface area contributed by atoms with Crippen LogP contribution in [0.5, 0.6) is 0 Å². The maximum Gasteiger partial charge on any atom is 0.237 e. The van der Waals surface area contributed by atoms with Gasteiger partial charge in [0.05, 0.1) is 17.0 Å². The van der Waals surface area contributed by atoms with E-state index in [1.165, 1.54) is 0 Å². The average Bonchev–Trinajstić information content (AvgIpc) is 2.57. The molecule has 21 heavy (non-hydrogen) atoms. The van der Waals surface area contributed by atoms with Gasteiger partial charge in [-0.1, -0.05) is 6.92 Å². The van der Waals surface area contributed by atoms with Gasteiger partial charge in [0, 0.05) is 12.6 Å². The Balaban J connectivity index is 2.68. The molecule has 0 radical (unpaired) electrons. The molecule has 0 bridgehead atoms. The quantitative estimate of drug-likeness (QED) is 0.696. The van der Waals surface area contributed by atoms with Gasteiger partial charge in [0.15, 0.2) is 9.84 Å². The van der Waals surface area contributed by atoms with Crippen LogP contribution in [0.15, 0.2) is 0 Å². The van der Waals surface area contributed by atoms with Crippen molar-refractivity contribution in [3.05, 3.63) is 0 Å². The van der Waals surface area contributed by atoms with Crippen molar-refractivity contribution in [3.8, 4) is 0 Å². The van der Waals surface area contributed by atoms with Gasteiger partial charge >= 0.3 is 0 Å². The number of primary amides is 1. The van der Waals surface area contributed by atoms with E-state index in [-0.39, 0.29) is 23.5 Å². The van der Waals surface area contributed by atoms with E-state index >= 15 is 0 Å². The van der Waals surface area contributed by atoms with Crippen molar-refractivity contribution in [1.82, 2.24) is 10.2 Å². The molecule has 1 amide bonds. The first-order valence-corrected chi connectivity index (χ1v) is 9.52. The summed E-state index contributed by atoms with van der Waals surface area (Å²) in [7, 11) is -2.91. The Kier molecular flexibility index (Phi) is 6.62. The van der Waals surface area contributed by atoms with Gasteiger partial charge in [-0.3, -0.25) is 9.69 Å². The highest BCUT2D eigenvalue weighted by Crippen LogP contribution is 2.18. The summed E-state index contributed by atoms with van der Waals surface area (Å²) in [6.07, 6.45) is 2.17. The van der Waals surface area contributed by atoms with E-state index in [0.29, 0.717) is 19.4 Å². The molecular weight excluding hydrogens is 290 g/mol. The molecule has 1 aliphatic rings. The molecule has 1 saturated heterocycles. The third-order valence-corrected chi connectivity index (χ3v) is 5.94. The second-order valence-electron chi connectivity index (χ2n) is 6.22. The van der Waals surface area contributed by atoms with Crippen molar-refractivity contribution in [1.29, 1.82) is 0 Å². The Morgan fingerprint density at radius 3 is 2.62 bits per heavy atom. The zero-order valence-corrected chi connectivity index (χ0v) is 14.2. The Morgan fingerprint density at radius 1 is 1.38 bits per heavy atom. The SMILES string of the molecule is CCCNC(C)(CC(C)N1CCCS(=O)(=O)CC1)C(N)=O. The van der Waals surface area contributed by atoms with Crippen LogP contribution in [-0.4, -0.2) is 61.9 Å². The summed E-state index contributed by atoms with van der Waals surface area (Å²) in [5, 5.41) is 3.23.